The van der Waals surface area contributed by atoms with E-state index in [0.29, 0.717) is 30.6 Å². The Labute approximate surface area is 235 Å². The summed E-state index contributed by atoms with van der Waals surface area (Å²) < 4.78 is 7.98. The second-order valence-corrected chi connectivity index (χ2v) is 10.8. The van der Waals surface area contributed by atoms with Crippen molar-refractivity contribution >= 4 is 17.4 Å². The number of fused-ring (bicyclic) bond motifs is 4. The van der Waals surface area contributed by atoms with Gasteiger partial charge in [-0.3, -0.25) is 9.59 Å². The molecular weight excluding hydrogens is 498 g/mol. The Balaban J connectivity index is 1.35. The Morgan fingerprint density at radius 2 is 1.60 bits per heavy atom. The van der Waals surface area contributed by atoms with Gasteiger partial charge in [-0.15, -0.1) is 0 Å². The first-order valence-corrected chi connectivity index (χ1v) is 14.1. The fourth-order valence-electron chi connectivity index (χ4n) is 6.37. The number of Topliss-reactive ketones (excluding diaryl/α,β-unsaturated/α-hetero) is 1. The van der Waals surface area contributed by atoms with Gasteiger partial charge in [-0.1, -0.05) is 43.3 Å². The lowest BCUT2D eigenvalue weighted by molar-refractivity contribution is 0.0653. The van der Waals surface area contributed by atoms with Crippen LogP contribution in [-0.4, -0.2) is 41.4 Å². The molecule has 1 saturated heterocycles. The number of hydrogen-bond donors (Lipinski definition) is 0. The lowest BCUT2D eigenvalue weighted by atomic mass is 9.79. The molecule has 0 bridgehead atoms. The highest BCUT2D eigenvalue weighted by Crippen LogP contribution is 2.50. The van der Waals surface area contributed by atoms with Crippen LogP contribution >= 0.6 is 0 Å². The Bertz CT molecular complexity index is 1560. The average molecular weight is 534 g/mol. The number of hydrogen-bond acceptors (Lipinski definition) is 4. The minimum Gasteiger partial charge on any atom is -0.497 e. The van der Waals surface area contributed by atoms with Gasteiger partial charge in [0.15, 0.2) is 5.78 Å². The number of anilines is 1. The van der Waals surface area contributed by atoms with Gasteiger partial charge in [0.2, 0.25) is 0 Å². The molecule has 0 N–H and O–H groups in total. The van der Waals surface area contributed by atoms with Crippen molar-refractivity contribution in [1.82, 2.24) is 9.47 Å². The minimum absolute atomic E-state index is 0.0177. The highest BCUT2D eigenvalue weighted by molar-refractivity contribution is 5.98. The zero-order chi connectivity index (χ0) is 27.9. The molecule has 6 nitrogen and oxygen atoms in total. The number of aryl methyl sites for hydroxylation is 1. The summed E-state index contributed by atoms with van der Waals surface area (Å²) in [6.45, 7) is 6.07. The molecule has 2 aliphatic heterocycles. The molecule has 0 aliphatic carbocycles. The van der Waals surface area contributed by atoms with E-state index in [1.54, 1.807) is 31.4 Å². The van der Waals surface area contributed by atoms with Crippen molar-refractivity contribution in [2.75, 3.05) is 25.1 Å². The number of nitrogens with zero attached hydrogens (tertiary/aromatic N) is 3. The number of rotatable bonds is 6. The van der Waals surface area contributed by atoms with E-state index in [1.165, 1.54) is 16.8 Å². The van der Waals surface area contributed by atoms with Crippen LogP contribution in [-0.2, 0) is 12.1 Å². The van der Waals surface area contributed by atoms with E-state index in [1.807, 2.05) is 17.9 Å². The number of aromatic nitrogens is 1. The molecule has 3 heterocycles. The summed E-state index contributed by atoms with van der Waals surface area (Å²) in [5, 5.41) is 0. The molecule has 0 atom stereocenters. The van der Waals surface area contributed by atoms with Crippen LogP contribution in [0, 0.1) is 6.92 Å². The molecule has 6 heteroatoms. The van der Waals surface area contributed by atoms with Crippen molar-refractivity contribution in [3.63, 3.8) is 0 Å². The van der Waals surface area contributed by atoms with Gasteiger partial charge in [0, 0.05) is 55.1 Å². The van der Waals surface area contributed by atoms with Crippen molar-refractivity contribution < 1.29 is 14.3 Å². The van der Waals surface area contributed by atoms with E-state index >= 15 is 0 Å². The monoisotopic (exact) mass is 533 g/mol. The standard InChI is InChI=1S/C34H35N3O3/c1-4-31(38)25-11-13-26(14-12-25)33(39)35-20-17-34(18-21-35)32-10-7-19-36(32)29-16-15-28(40-3)22-30(29)37(34)23-27-9-6-5-8-24(27)2/h5-16,19,22H,4,17-18,20-21,23H2,1-3H3. The highest BCUT2D eigenvalue weighted by atomic mass is 16.5. The quantitative estimate of drug-likeness (QED) is 0.264. The van der Waals surface area contributed by atoms with Crippen LogP contribution in [0.25, 0.3) is 5.69 Å². The van der Waals surface area contributed by atoms with Crippen LogP contribution in [0.3, 0.4) is 0 Å². The Hall–Kier alpha value is -4.32. The largest absolute Gasteiger partial charge is 0.497 e. The molecule has 0 radical (unpaired) electrons. The predicted octanol–water partition coefficient (Wildman–Crippen LogP) is 6.54. The van der Waals surface area contributed by atoms with E-state index in [0.717, 1.165) is 36.5 Å². The van der Waals surface area contributed by atoms with Crippen LogP contribution in [0.4, 0.5) is 5.69 Å². The van der Waals surface area contributed by atoms with E-state index in [-0.39, 0.29) is 17.2 Å². The summed E-state index contributed by atoms with van der Waals surface area (Å²) in [4.78, 5) is 30.1. The highest BCUT2D eigenvalue weighted by Gasteiger charge is 2.47. The molecule has 0 saturated carbocycles. The number of likely N-dealkylation sites (tertiary alicyclic amines) is 1. The zero-order valence-electron chi connectivity index (χ0n) is 23.4. The van der Waals surface area contributed by atoms with Gasteiger partial charge in [0.25, 0.3) is 5.91 Å². The zero-order valence-corrected chi connectivity index (χ0v) is 23.4. The van der Waals surface area contributed by atoms with Crippen LogP contribution in [0.1, 0.15) is 63.7 Å². The maximum atomic E-state index is 13.5. The Morgan fingerprint density at radius 3 is 2.30 bits per heavy atom. The molecular formula is C34H35N3O3. The van der Waals surface area contributed by atoms with Gasteiger partial charge >= 0.3 is 0 Å². The normalized spacial score (nSPS) is 15.5. The molecule has 40 heavy (non-hydrogen) atoms. The van der Waals surface area contributed by atoms with Gasteiger partial charge in [-0.2, -0.15) is 0 Å². The van der Waals surface area contributed by atoms with Crippen LogP contribution in [0.15, 0.2) is 85.1 Å². The summed E-state index contributed by atoms with van der Waals surface area (Å²) >= 11 is 0. The van der Waals surface area contributed by atoms with Crippen molar-refractivity contribution in [3.8, 4) is 11.4 Å². The topological polar surface area (TPSA) is 54.8 Å². The Kier molecular flexibility index (Phi) is 6.70. The summed E-state index contributed by atoms with van der Waals surface area (Å²) in [5.41, 5.74) is 7.09. The van der Waals surface area contributed by atoms with Crippen LogP contribution < -0.4 is 9.64 Å². The van der Waals surface area contributed by atoms with E-state index in [9.17, 15) is 9.59 Å². The average Bonchev–Trinajstić information content (AvgIpc) is 3.51. The first kappa shape index (κ1) is 25.9. The SMILES string of the molecule is CCC(=O)c1ccc(C(=O)N2CCC3(CC2)c2cccn2-c2ccc(OC)cc2N3Cc2ccccc2C)cc1. The summed E-state index contributed by atoms with van der Waals surface area (Å²) in [6.07, 6.45) is 4.21. The fraction of sp³-hybridized carbons (Fsp3) is 0.294. The van der Waals surface area contributed by atoms with Crippen molar-refractivity contribution in [3.05, 3.63) is 113 Å². The number of amides is 1. The van der Waals surface area contributed by atoms with Crippen LogP contribution in [0.5, 0.6) is 5.75 Å². The first-order chi connectivity index (χ1) is 19.4. The lowest BCUT2D eigenvalue weighted by Gasteiger charge is -2.53. The van der Waals surface area contributed by atoms with Gasteiger partial charge in [0.1, 0.15) is 5.75 Å². The van der Waals surface area contributed by atoms with Crippen molar-refractivity contribution in [2.24, 2.45) is 0 Å². The van der Waals surface area contributed by atoms with Gasteiger partial charge in [-0.25, -0.2) is 0 Å². The fourth-order valence-corrected chi connectivity index (χ4v) is 6.37. The number of piperidine rings is 1. The van der Waals surface area contributed by atoms with E-state index in [2.05, 4.69) is 71.1 Å². The number of carbonyl (C=O) groups excluding carboxylic acids is 2. The number of benzene rings is 3. The van der Waals surface area contributed by atoms with Crippen molar-refractivity contribution in [1.29, 1.82) is 0 Å². The smallest absolute Gasteiger partial charge is 0.253 e. The molecule has 4 aromatic rings. The molecule has 3 aromatic carbocycles. The predicted molar refractivity (Wildman–Crippen MR) is 158 cm³/mol. The maximum Gasteiger partial charge on any atom is 0.253 e. The Morgan fingerprint density at radius 1 is 0.875 bits per heavy atom. The van der Waals surface area contributed by atoms with Crippen LogP contribution in [0.2, 0.25) is 0 Å². The third-order valence-electron chi connectivity index (χ3n) is 8.72. The third kappa shape index (κ3) is 4.28. The molecule has 1 aromatic heterocycles. The number of carbonyl (C=O) groups is 2. The molecule has 6 rings (SSSR count). The minimum atomic E-state index is -0.278. The summed E-state index contributed by atoms with van der Waals surface area (Å²) in [6, 6.07) is 26.4. The molecule has 1 fully saturated rings. The van der Waals surface area contributed by atoms with Gasteiger partial charge < -0.3 is 19.1 Å². The van der Waals surface area contributed by atoms with Gasteiger partial charge in [0.05, 0.1) is 24.0 Å². The summed E-state index contributed by atoms with van der Waals surface area (Å²) in [5.74, 6) is 0.936. The maximum absolute atomic E-state index is 13.5. The molecule has 2 aliphatic rings. The molecule has 0 unspecified atom stereocenters. The number of ether oxygens (including phenoxy) is 1. The third-order valence-corrected chi connectivity index (χ3v) is 8.72. The number of ketones is 1. The second kappa shape index (κ2) is 10.3. The molecule has 1 spiro atoms. The number of methoxy groups -OCH3 is 1. The first-order valence-electron chi connectivity index (χ1n) is 14.1. The lowest BCUT2D eigenvalue weighted by Crippen LogP contribution is -2.56. The van der Waals surface area contributed by atoms with E-state index in [4.69, 9.17) is 4.74 Å². The molecule has 204 valence electrons. The van der Waals surface area contributed by atoms with Gasteiger partial charge in [-0.05, 0) is 67.3 Å². The van der Waals surface area contributed by atoms with Crippen molar-refractivity contribution in [2.45, 2.75) is 45.2 Å². The second-order valence-electron chi connectivity index (χ2n) is 10.8. The summed E-state index contributed by atoms with van der Waals surface area (Å²) in [7, 11) is 1.71. The molecule has 1 amide bonds. The van der Waals surface area contributed by atoms with E-state index < -0.39 is 0 Å².